The van der Waals surface area contributed by atoms with Crippen LogP contribution in [-0.2, 0) is 11.2 Å². The normalized spacial score (nSPS) is 10.8. The monoisotopic (exact) mass is 252 g/mol. The number of halogens is 2. The maximum Gasteiger partial charge on any atom is 0.155 e. The number of carbonyl (C=O) groups excluding carboxylic acids is 2. The third-order valence-electron chi connectivity index (χ3n) is 2.45. The van der Waals surface area contributed by atoms with Crippen molar-refractivity contribution in [1.29, 1.82) is 0 Å². The highest BCUT2D eigenvalue weighted by Crippen LogP contribution is 2.15. The van der Waals surface area contributed by atoms with Crippen LogP contribution >= 0.6 is 0 Å². The van der Waals surface area contributed by atoms with Gasteiger partial charge in [0.15, 0.2) is 12.1 Å². The summed E-state index contributed by atoms with van der Waals surface area (Å²) in [5.74, 6) is -1.69. The van der Waals surface area contributed by atoms with E-state index in [4.69, 9.17) is 0 Å². The summed E-state index contributed by atoms with van der Waals surface area (Å²) in [7, 11) is 0. The van der Waals surface area contributed by atoms with Gasteiger partial charge in [0.1, 0.15) is 11.6 Å². The largest absolute Gasteiger partial charge is 0.298 e. The first-order valence-corrected chi connectivity index (χ1v) is 5.64. The van der Waals surface area contributed by atoms with E-state index in [0.717, 1.165) is 0 Å². The molecule has 0 aliphatic carbocycles. The van der Waals surface area contributed by atoms with E-state index in [2.05, 4.69) is 0 Å². The molecule has 96 valence electrons. The van der Waals surface area contributed by atoms with Crippen molar-refractivity contribution >= 4 is 12.1 Å². The molecular formula is C14H14F2O2. The molecule has 0 saturated carbocycles. The van der Waals surface area contributed by atoms with Gasteiger partial charge in [-0.25, -0.2) is 8.78 Å². The molecule has 1 aromatic carbocycles. The maximum atomic E-state index is 13.3. The molecule has 2 nitrogen and oxygen atoms in total. The van der Waals surface area contributed by atoms with Crippen LogP contribution in [0.2, 0.25) is 0 Å². The van der Waals surface area contributed by atoms with E-state index in [9.17, 15) is 18.4 Å². The van der Waals surface area contributed by atoms with Gasteiger partial charge in [0, 0.05) is 0 Å². The number of hydrogen-bond acceptors (Lipinski definition) is 2. The number of benzene rings is 1. The molecule has 18 heavy (non-hydrogen) atoms. The third-order valence-corrected chi connectivity index (χ3v) is 2.45. The van der Waals surface area contributed by atoms with Gasteiger partial charge in [0.25, 0.3) is 0 Å². The third kappa shape index (κ3) is 4.20. The lowest BCUT2D eigenvalue weighted by atomic mass is 10.0. The number of unbranched alkanes of at least 4 members (excludes halogenated alkanes) is 1. The second kappa shape index (κ2) is 6.79. The molecule has 0 aliphatic rings. The smallest absolute Gasteiger partial charge is 0.155 e. The van der Waals surface area contributed by atoms with E-state index in [1.165, 1.54) is 25.1 Å². The fraction of sp³-hybridized carbons (Fsp3) is 0.286. The van der Waals surface area contributed by atoms with E-state index >= 15 is 0 Å². The minimum absolute atomic E-state index is 0.0255. The molecule has 4 heteroatoms. The first-order valence-electron chi connectivity index (χ1n) is 5.64. The average Bonchev–Trinajstić information content (AvgIpc) is 2.27. The lowest BCUT2D eigenvalue weighted by molar-refractivity contribution is -0.112. The summed E-state index contributed by atoms with van der Waals surface area (Å²) in [5, 5.41) is 0. The molecular weight excluding hydrogens is 238 g/mol. The molecule has 0 N–H and O–H groups in total. The molecule has 0 saturated heterocycles. The lowest BCUT2D eigenvalue weighted by Gasteiger charge is -2.03. The lowest BCUT2D eigenvalue weighted by Crippen LogP contribution is -1.97. The predicted molar refractivity (Wildman–Crippen MR) is 64.5 cm³/mol. The van der Waals surface area contributed by atoms with Crippen molar-refractivity contribution in [2.45, 2.75) is 26.2 Å². The SMILES string of the molecule is CC(=O)/C=C\CCCc1cc(F)c(C=O)c(F)c1. The molecule has 0 fully saturated rings. The summed E-state index contributed by atoms with van der Waals surface area (Å²) in [4.78, 5) is 21.0. The summed E-state index contributed by atoms with van der Waals surface area (Å²) >= 11 is 0. The predicted octanol–water partition coefficient (Wildman–Crippen LogP) is 3.25. The fourth-order valence-electron chi connectivity index (χ4n) is 1.57. The van der Waals surface area contributed by atoms with Gasteiger partial charge in [-0.1, -0.05) is 6.08 Å². The number of allylic oxidation sites excluding steroid dienone is 2. The molecule has 0 aromatic heterocycles. The Hall–Kier alpha value is -1.84. The molecule has 0 amide bonds. The zero-order valence-corrected chi connectivity index (χ0v) is 10.1. The highest BCUT2D eigenvalue weighted by molar-refractivity contribution is 5.87. The van der Waals surface area contributed by atoms with E-state index in [0.29, 0.717) is 24.8 Å². The highest BCUT2D eigenvalue weighted by Gasteiger charge is 2.09. The van der Waals surface area contributed by atoms with E-state index in [1.54, 1.807) is 6.08 Å². The Morgan fingerprint density at radius 3 is 2.39 bits per heavy atom. The Morgan fingerprint density at radius 1 is 1.28 bits per heavy atom. The molecule has 1 aromatic rings. The molecule has 0 bridgehead atoms. The standard InChI is InChI=1S/C14H14F2O2/c1-10(18)5-3-2-4-6-11-7-13(15)12(9-17)14(16)8-11/h3,5,7-9H,2,4,6H2,1H3/b5-3-. The molecule has 1 rings (SSSR count). The molecule has 0 aliphatic heterocycles. The zero-order valence-electron chi connectivity index (χ0n) is 10.1. The van der Waals surface area contributed by atoms with Crippen LogP contribution < -0.4 is 0 Å². The molecule has 0 unspecified atom stereocenters. The Bertz CT molecular complexity index is 456. The van der Waals surface area contributed by atoms with Crippen LogP contribution in [0, 0.1) is 11.6 Å². The summed E-state index contributed by atoms with van der Waals surface area (Å²) in [6.45, 7) is 1.46. The number of carbonyl (C=O) groups is 2. The van der Waals surface area contributed by atoms with Crippen LogP contribution in [-0.4, -0.2) is 12.1 Å². The van der Waals surface area contributed by atoms with Gasteiger partial charge in [0.2, 0.25) is 0 Å². The van der Waals surface area contributed by atoms with Gasteiger partial charge in [-0.3, -0.25) is 9.59 Å². The average molecular weight is 252 g/mol. The Kier molecular flexibility index (Phi) is 5.36. The van der Waals surface area contributed by atoms with Crippen molar-refractivity contribution in [2.24, 2.45) is 0 Å². The van der Waals surface area contributed by atoms with Gasteiger partial charge < -0.3 is 0 Å². The molecule has 0 radical (unpaired) electrons. The van der Waals surface area contributed by atoms with Crippen molar-refractivity contribution in [3.8, 4) is 0 Å². The number of rotatable bonds is 6. The number of aryl methyl sites for hydroxylation is 1. The van der Waals surface area contributed by atoms with Crippen LogP contribution in [0.25, 0.3) is 0 Å². The molecule has 0 heterocycles. The van der Waals surface area contributed by atoms with E-state index < -0.39 is 17.2 Å². The van der Waals surface area contributed by atoms with Crippen LogP contribution in [0.3, 0.4) is 0 Å². The second-order valence-electron chi connectivity index (χ2n) is 4.00. The van der Waals surface area contributed by atoms with Gasteiger partial charge in [-0.05, 0) is 50.0 Å². The highest BCUT2D eigenvalue weighted by atomic mass is 19.1. The van der Waals surface area contributed by atoms with E-state index in [1.807, 2.05) is 0 Å². The van der Waals surface area contributed by atoms with Crippen LogP contribution in [0.15, 0.2) is 24.3 Å². The first kappa shape index (κ1) is 14.2. The summed E-state index contributed by atoms with van der Waals surface area (Å²) in [6, 6.07) is 2.34. The number of aldehydes is 1. The fourth-order valence-corrected chi connectivity index (χ4v) is 1.57. The minimum Gasteiger partial charge on any atom is -0.298 e. The molecule has 0 spiro atoms. The van der Waals surface area contributed by atoms with E-state index in [-0.39, 0.29) is 12.1 Å². The second-order valence-corrected chi connectivity index (χ2v) is 4.00. The summed E-state index contributed by atoms with van der Waals surface area (Å²) in [5.41, 5.74) is -0.0259. The van der Waals surface area contributed by atoms with Gasteiger partial charge >= 0.3 is 0 Å². The van der Waals surface area contributed by atoms with Crippen LogP contribution in [0.5, 0.6) is 0 Å². The number of hydrogen-bond donors (Lipinski definition) is 0. The van der Waals surface area contributed by atoms with Crippen molar-refractivity contribution in [3.05, 3.63) is 47.0 Å². The summed E-state index contributed by atoms with van der Waals surface area (Å²) < 4.78 is 26.5. The van der Waals surface area contributed by atoms with Crippen LogP contribution in [0.4, 0.5) is 8.78 Å². The van der Waals surface area contributed by atoms with Gasteiger partial charge in [0.05, 0.1) is 5.56 Å². The Balaban J connectivity index is 2.58. The molecule has 0 atom stereocenters. The van der Waals surface area contributed by atoms with Crippen molar-refractivity contribution in [1.82, 2.24) is 0 Å². The maximum absolute atomic E-state index is 13.3. The summed E-state index contributed by atoms with van der Waals surface area (Å²) in [6.07, 6.45) is 5.21. The van der Waals surface area contributed by atoms with Gasteiger partial charge in [-0.2, -0.15) is 0 Å². The number of ketones is 1. The van der Waals surface area contributed by atoms with Crippen LogP contribution in [0.1, 0.15) is 35.7 Å². The Labute approximate surface area is 104 Å². The van der Waals surface area contributed by atoms with Gasteiger partial charge in [-0.15, -0.1) is 0 Å². The van der Waals surface area contributed by atoms with Crippen molar-refractivity contribution in [2.75, 3.05) is 0 Å². The zero-order chi connectivity index (χ0) is 13.5. The van der Waals surface area contributed by atoms with Crippen molar-refractivity contribution < 1.29 is 18.4 Å². The first-order chi connectivity index (χ1) is 8.54. The quantitative estimate of drug-likeness (QED) is 0.442. The Morgan fingerprint density at radius 2 is 1.89 bits per heavy atom. The topological polar surface area (TPSA) is 34.1 Å². The minimum atomic E-state index is -0.834. The van der Waals surface area contributed by atoms with Crippen molar-refractivity contribution in [3.63, 3.8) is 0 Å².